The minimum absolute atomic E-state index is 0.202. The average molecular weight is 381 g/mol. The van der Waals surface area contributed by atoms with E-state index in [1.165, 1.54) is 0 Å². The van der Waals surface area contributed by atoms with Gasteiger partial charge in [-0.3, -0.25) is 4.79 Å². The molecule has 3 aromatic carbocycles. The maximum atomic E-state index is 13.0. The van der Waals surface area contributed by atoms with Gasteiger partial charge < -0.3 is 10.6 Å². The Hall–Kier alpha value is -2.69. The van der Waals surface area contributed by atoms with Gasteiger partial charge in [-0.25, -0.2) is 0 Å². The van der Waals surface area contributed by atoms with Gasteiger partial charge >= 0.3 is 0 Å². The SMILES string of the molecule is O=C(NC(=S)Nc1ccccc1Cl)C(c1ccccc1)c1ccccc1. The number of carbonyl (C=O) groups is 1. The van der Waals surface area contributed by atoms with Gasteiger partial charge in [0.2, 0.25) is 5.91 Å². The van der Waals surface area contributed by atoms with Crippen molar-refractivity contribution < 1.29 is 4.79 Å². The van der Waals surface area contributed by atoms with Crippen molar-refractivity contribution in [3.8, 4) is 0 Å². The van der Waals surface area contributed by atoms with E-state index in [0.29, 0.717) is 10.7 Å². The molecule has 3 aromatic rings. The second-order valence-electron chi connectivity index (χ2n) is 5.68. The number of carbonyl (C=O) groups excluding carboxylic acids is 1. The molecule has 0 aliphatic heterocycles. The first kappa shape index (κ1) is 18.1. The third kappa shape index (κ3) is 4.48. The van der Waals surface area contributed by atoms with Crippen molar-refractivity contribution >= 4 is 40.5 Å². The van der Waals surface area contributed by atoms with Crippen LogP contribution in [0.4, 0.5) is 5.69 Å². The zero-order valence-electron chi connectivity index (χ0n) is 13.9. The highest BCUT2D eigenvalue weighted by molar-refractivity contribution is 7.80. The largest absolute Gasteiger partial charge is 0.331 e. The zero-order chi connectivity index (χ0) is 18.4. The molecule has 0 aliphatic carbocycles. The molecule has 26 heavy (non-hydrogen) atoms. The summed E-state index contributed by atoms with van der Waals surface area (Å²) in [6.07, 6.45) is 0. The van der Waals surface area contributed by atoms with Crippen LogP contribution in [0.1, 0.15) is 17.0 Å². The molecule has 0 unspecified atom stereocenters. The van der Waals surface area contributed by atoms with Gasteiger partial charge in [-0.2, -0.15) is 0 Å². The molecule has 1 amide bonds. The smallest absolute Gasteiger partial charge is 0.238 e. The number of amides is 1. The quantitative estimate of drug-likeness (QED) is 0.627. The van der Waals surface area contributed by atoms with Crippen molar-refractivity contribution in [2.75, 3.05) is 5.32 Å². The van der Waals surface area contributed by atoms with E-state index in [9.17, 15) is 4.79 Å². The first-order valence-corrected chi connectivity index (χ1v) is 8.90. The highest BCUT2D eigenvalue weighted by atomic mass is 35.5. The van der Waals surface area contributed by atoms with Crippen molar-refractivity contribution in [1.29, 1.82) is 0 Å². The molecule has 0 heterocycles. The number of hydrogen-bond donors (Lipinski definition) is 2. The van der Waals surface area contributed by atoms with Crippen LogP contribution < -0.4 is 10.6 Å². The lowest BCUT2D eigenvalue weighted by atomic mass is 9.90. The molecule has 130 valence electrons. The molecule has 2 N–H and O–H groups in total. The van der Waals surface area contributed by atoms with Crippen LogP contribution in [0, 0.1) is 0 Å². The van der Waals surface area contributed by atoms with E-state index in [0.717, 1.165) is 11.1 Å². The molecule has 3 rings (SSSR count). The number of thiocarbonyl (C=S) groups is 1. The zero-order valence-corrected chi connectivity index (χ0v) is 15.4. The molecule has 0 atom stereocenters. The van der Waals surface area contributed by atoms with Crippen LogP contribution in [0.5, 0.6) is 0 Å². The van der Waals surface area contributed by atoms with E-state index in [2.05, 4.69) is 10.6 Å². The molecule has 0 saturated carbocycles. The molecular formula is C21H17ClN2OS. The highest BCUT2D eigenvalue weighted by Gasteiger charge is 2.23. The highest BCUT2D eigenvalue weighted by Crippen LogP contribution is 2.25. The van der Waals surface area contributed by atoms with Crippen LogP contribution in [0.2, 0.25) is 5.02 Å². The average Bonchev–Trinajstić information content (AvgIpc) is 2.65. The van der Waals surface area contributed by atoms with E-state index in [4.69, 9.17) is 23.8 Å². The molecule has 0 aromatic heterocycles. The summed E-state index contributed by atoms with van der Waals surface area (Å²) in [6, 6.07) is 26.5. The predicted octanol–water partition coefficient (Wildman–Crippen LogP) is 4.99. The Bertz CT molecular complexity index is 861. The van der Waals surface area contributed by atoms with Gasteiger partial charge in [-0.15, -0.1) is 0 Å². The molecular weight excluding hydrogens is 364 g/mol. The normalized spacial score (nSPS) is 10.4. The molecule has 3 nitrogen and oxygen atoms in total. The second kappa shape index (κ2) is 8.61. The lowest BCUT2D eigenvalue weighted by Gasteiger charge is -2.19. The molecule has 0 aliphatic rings. The third-order valence-corrected chi connectivity index (χ3v) is 4.42. The lowest BCUT2D eigenvalue weighted by molar-refractivity contribution is -0.120. The topological polar surface area (TPSA) is 41.1 Å². The number of benzene rings is 3. The van der Waals surface area contributed by atoms with E-state index >= 15 is 0 Å². The monoisotopic (exact) mass is 380 g/mol. The number of anilines is 1. The van der Waals surface area contributed by atoms with Crippen molar-refractivity contribution in [1.82, 2.24) is 5.32 Å². The van der Waals surface area contributed by atoms with Crippen molar-refractivity contribution in [3.63, 3.8) is 0 Å². The summed E-state index contributed by atoms with van der Waals surface area (Å²) in [5, 5.41) is 6.48. The minimum Gasteiger partial charge on any atom is -0.331 e. The Kier molecular flexibility index (Phi) is 6.00. The lowest BCUT2D eigenvalue weighted by Crippen LogP contribution is -2.37. The fourth-order valence-electron chi connectivity index (χ4n) is 2.69. The number of nitrogens with one attached hydrogen (secondary N) is 2. The number of para-hydroxylation sites is 1. The van der Waals surface area contributed by atoms with Gasteiger partial charge in [0, 0.05) is 0 Å². The van der Waals surface area contributed by atoms with E-state index in [1.54, 1.807) is 12.1 Å². The molecule has 0 fully saturated rings. The summed E-state index contributed by atoms with van der Waals surface area (Å²) in [4.78, 5) is 13.0. The fourth-order valence-corrected chi connectivity index (χ4v) is 3.08. The maximum absolute atomic E-state index is 13.0. The standard InChI is InChI=1S/C21H17ClN2OS/c22-17-13-7-8-14-18(17)23-21(26)24-20(25)19(15-9-3-1-4-10-15)16-11-5-2-6-12-16/h1-14,19H,(H2,23,24,25,26). The molecule has 0 radical (unpaired) electrons. The third-order valence-electron chi connectivity index (χ3n) is 3.89. The van der Waals surface area contributed by atoms with Crippen LogP contribution in [0.15, 0.2) is 84.9 Å². The summed E-state index contributed by atoms with van der Waals surface area (Å²) in [5.74, 6) is -0.657. The molecule has 0 bridgehead atoms. The van der Waals surface area contributed by atoms with Crippen LogP contribution in [-0.2, 0) is 4.79 Å². The number of rotatable bonds is 4. The molecule has 0 spiro atoms. The van der Waals surface area contributed by atoms with Gasteiger partial charge in [-0.1, -0.05) is 84.4 Å². The van der Waals surface area contributed by atoms with E-state index in [1.807, 2.05) is 72.8 Å². The Morgan fingerprint density at radius 3 is 1.85 bits per heavy atom. The molecule has 5 heteroatoms. The van der Waals surface area contributed by atoms with Crippen LogP contribution in [0.3, 0.4) is 0 Å². The van der Waals surface area contributed by atoms with E-state index < -0.39 is 5.92 Å². The Labute approximate surface area is 163 Å². The minimum atomic E-state index is -0.455. The van der Waals surface area contributed by atoms with Crippen molar-refractivity contribution in [2.24, 2.45) is 0 Å². The summed E-state index contributed by atoms with van der Waals surface area (Å²) in [5.41, 5.74) is 2.45. The summed E-state index contributed by atoms with van der Waals surface area (Å²) in [6.45, 7) is 0. The first-order chi connectivity index (χ1) is 12.6. The van der Waals surface area contributed by atoms with Crippen molar-refractivity contribution in [3.05, 3.63) is 101 Å². The maximum Gasteiger partial charge on any atom is 0.238 e. The van der Waals surface area contributed by atoms with Gasteiger partial charge in [0.15, 0.2) is 5.11 Å². The van der Waals surface area contributed by atoms with Gasteiger partial charge in [0.1, 0.15) is 0 Å². The predicted molar refractivity (Wildman–Crippen MR) is 111 cm³/mol. The second-order valence-corrected chi connectivity index (χ2v) is 6.49. The Morgan fingerprint density at radius 2 is 1.31 bits per heavy atom. The first-order valence-electron chi connectivity index (χ1n) is 8.11. The number of hydrogen-bond acceptors (Lipinski definition) is 2. The summed E-state index contributed by atoms with van der Waals surface area (Å²) < 4.78 is 0. The summed E-state index contributed by atoms with van der Waals surface area (Å²) >= 11 is 11.4. The van der Waals surface area contributed by atoms with Crippen LogP contribution in [0.25, 0.3) is 0 Å². The Balaban J connectivity index is 1.80. The van der Waals surface area contributed by atoms with Gasteiger partial charge in [-0.05, 0) is 35.5 Å². The van der Waals surface area contributed by atoms with Crippen LogP contribution >= 0.6 is 23.8 Å². The van der Waals surface area contributed by atoms with Crippen molar-refractivity contribution in [2.45, 2.75) is 5.92 Å². The fraction of sp³-hybridized carbons (Fsp3) is 0.0476. The van der Waals surface area contributed by atoms with E-state index in [-0.39, 0.29) is 11.0 Å². The van der Waals surface area contributed by atoms with Gasteiger partial charge in [0.05, 0.1) is 16.6 Å². The van der Waals surface area contributed by atoms with Crippen LogP contribution in [-0.4, -0.2) is 11.0 Å². The summed E-state index contributed by atoms with van der Waals surface area (Å²) in [7, 11) is 0. The Morgan fingerprint density at radius 1 is 0.808 bits per heavy atom. The van der Waals surface area contributed by atoms with Gasteiger partial charge in [0.25, 0.3) is 0 Å². The number of halogens is 1. The molecule has 0 saturated heterocycles.